The van der Waals surface area contributed by atoms with E-state index in [1.807, 2.05) is 34.6 Å². The third kappa shape index (κ3) is 10.9. The number of hydrogen-bond donors (Lipinski definition) is 2. The molecule has 0 aromatic heterocycles. The summed E-state index contributed by atoms with van der Waals surface area (Å²) in [6.45, 7) is 18.4. The number of amides is 1. The first-order valence-corrected chi connectivity index (χ1v) is 27.4. The van der Waals surface area contributed by atoms with Crippen molar-refractivity contribution >= 4 is 29.4 Å². The number of methoxy groups -OCH3 is 2. The summed E-state index contributed by atoms with van der Waals surface area (Å²) in [5, 5.41) is 23.9. The largest absolute Gasteiger partial charge is 0.458 e. The number of ether oxygens (including phenoxy) is 8. The highest BCUT2D eigenvalue weighted by Gasteiger charge is 2.61. The number of Topliss-reactive ketones (excluding diaryl/α,β-unsaturated/α-hetero) is 1. The highest BCUT2D eigenvalue weighted by Crippen LogP contribution is 2.51. The van der Waals surface area contributed by atoms with E-state index in [-0.39, 0.29) is 55.2 Å². The van der Waals surface area contributed by atoms with E-state index in [4.69, 9.17) is 49.5 Å². The third-order valence-corrected chi connectivity index (χ3v) is 18.6. The molecule has 15 nitrogen and oxygen atoms in total. The van der Waals surface area contributed by atoms with Crippen molar-refractivity contribution in [3.05, 3.63) is 34.6 Å². The summed E-state index contributed by atoms with van der Waals surface area (Å²) in [5.41, 5.74) is -3.16. The molecule has 7 aliphatic rings. The van der Waals surface area contributed by atoms with Gasteiger partial charge in [-0.05, 0) is 135 Å². The van der Waals surface area contributed by atoms with Gasteiger partial charge in [0.1, 0.15) is 29.9 Å². The summed E-state index contributed by atoms with van der Waals surface area (Å²) < 4.78 is 66.8. The van der Waals surface area contributed by atoms with Crippen molar-refractivity contribution in [2.24, 2.45) is 35.5 Å². The fraction of sp³-hybridized carbons (Fsp3) is 0.836. The molecule has 72 heavy (non-hydrogen) atoms. The van der Waals surface area contributed by atoms with Gasteiger partial charge in [-0.2, -0.15) is 0 Å². The maximum atomic E-state index is 15.2. The average molecular weight is 1040 g/mol. The van der Waals surface area contributed by atoms with Gasteiger partial charge in [0.2, 0.25) is 0 Å². The first kappa shape index (κ1) is 55.7. The number of halogens is 2. The van der Waals surface area contributed by atoms with Gasteiger partial charge in [-0.15, -0.1) is 0 Å². The molecule has 0 radical (unpaired) electrons. The number of nitrogens with zero attached hydrogens (tertiary/aromatic N) is 2. The van der Waals surface area contributed by atoms with Gasteiger partial charge in [0.15, 0.2) is 18.2 Å². The first-order valence-electron chi connectivity index (χ1n) is 27.0. The number of esters is 1. The second-order valence-corrected chi connectivity index (χ2v) is 23.9. The normalized spacial score (nSPS) is 44.9. The van der Waals surface area contributed by atoms with E-state index in [1.54, 1.807) is 47.8 Å². The maximum Gasteiger partial charge on any atom is 0.410 e. The van der Waals surface area contributed by atoms with Crippen molar-refractivity contribution in [2.75, 3.05) is 20.8 Å². The Morgan fingerprint density at radius 1 is 0.833 bits per heavy atom. The van der Waals surface area contributed by atoms with Gasteiger partial charge in [0, 0.05) is 63.1 Å². The van der Waals surface area contributed by atoms with Gasteiger partial charge < -0.3 is 48.1 Å². The van der Waals surface area contributed by atoms with Crippen LogP contribution in [0.4, 0.5) is 9.18 Å². The zero-order valence-electron chi connectivity index (χ0n) is 44.7. The Balaban J connectivity index is 1.18. The molecule has 20 unspecified atom stereocenters. The molecule has 2 aliphatic carbocycles. The molecular weight excluding hydrogens is 951 g/mol. The van der Waals surface area contributed by atoms with Crippen molar-refractivity contribution in [1.29, 1.82) is 0 Å². The lowest BCUT2D eigenvalue weighted by Crippen LogP contribution is -2.63. The number of aliphatic hydroxyl groups excluding tert-OH is 2. The number of ketones is 1. The van der Waals surface area contributed by atoms with E-state index in [0.717, 1.165) is 12.8 Å². The minimum absolute atomic E-state index is 0.0476. The zero-order chi connectivity index (χ0) is 52.4. The summed E-state index contributed by atoms with van der Waals surface area (Å²) >= 11 is 6.16. The minimum atomic E-state index is -1.49. The van der Waals surface area contributed by atoms with E-state index in [1.165, 1.54) is 49.8 Å². The molecule has 8 rings (SSSR count). The second-order valence-electron chi connectivity index (χ2n) is 23.5. The smallest absolute Gasteiger partial charge is 0.410 e. The fourth-order valence-corrected chi connectivity index (χ4v) is 14.1. The third-order valence-electron chi connectivity index (χ3n) is 18.3. The van der Waals surface area contributed by atoms with Gasteiger partial charge in [0.05, 0.1) is 52.6 Å². The molecule has 5 heterocycles. The summed E-state index contributed by atoms with van der Waals surface area (Å²) in [6.07, 6.45) is -0.301. The van der Waals surface area contributed by atoms with Crippen LogP contribution in [0.1, 0.15) is 139 Å². The van der Waals surface area contributed by atoms with Crippen molar-refractivity contribution in [2.45, 2.75) is 236 Å². The number of fused-ring (bicyclic) bond motifs is 1. The van der Waals surface area contributed by atoms with E-state index in [9.17, 15) is 19.4 Å². The lowest BCUT2D eigenvalue weighted by atomic mass is 9.73. The van der Waals surface area contributed by atoms with E-state index < -0.39 is 114 Å². The van der Waals surface area contributed by atoms with Crippen LogP contribution in [0.2, 0.25) is 5.02 Å². The molecule has 1 aromatic carbocycles. The first-order chi connectivity index (χ1) is 34.0. The molecular formula is C55H84ClFN2O13. The molecule has 7 fully saturated rings. The Bertz CT molecular complexity index is 2080. The van der Waals surface area contributed by atoms with Crippen LogP contribution in [0, 0.1) is 41.3 Å². The Labute approximate surface area is 431 Å². The Morgan fingerprint density at radius 3 is 2.06 bits per heavy atom. The predicted molar refractivity (Wildman–Crippen MR) is 265 cm³/mol. The van der Waals surface area contributed by atoms with Crippen LogP contribution >= 0.6 is 11.6 Å². The second kappa shape index (κ2) is 21.8. The molecule has 2 saturated carbocycles. The molecule has 1 amide bonds. The molecule has 0 spiro atoms. The van der Waals surface area contributed by atoms with Crippen molar-refractivity contribution < 1.29 is 66.9 Å². The van der Waals surface area contributed by atoms with Crippen LogP contribution in [0.25, 0.3) is 0 Å². The van der Waals surface area contributed by atoms with Crippen molar-refractivity contribution in [3.63, 3.8) is 0 Å². The molecule has 406 valence electrons. The number of aliphatic hydroxyl groups is 2. The number of benzene rings is 1. The Morgan fingerprint density at radius 2 is 1.47 bits per heavy atom. The van der Waals surface area contributed by atoms with Gasteiger partial charge in [-0.3, -0.25) is 19.4 Å². The molecule has 5 saturated heterocycles. The Kier molecular flexibility index (Phi) is 16.9. The minimum Gasteiger partial charge on any atom is -0.458 e. The van der Waals surface area contributed by atoms with Crippen LogP contribution in [0.3, 0.4) is 0 Å². The van der Waals surface area contributed by atoms with Crippen molar-refractivity contribution in [3.8, 4) is 0 Å². The monoisotopic (exact) mass is 1030 g/mol. The van der Waals surface area contributed by atoms with Gasteiger partial charge >= 0.3 is 12.1 Å². The summed E-state index contributed by atoms with van der Waals surface area (Å²) in [5.74, 6) is -3.42. The van der Waals surface area contributed by atoms with E-state index >= 15 is 9.59 Å². The summed E-state index contributed by atoms with van der Waals surface area (Å²) in [7, 11) is 3.10. The van der Waals surface area contributed by atoms with Crippen LogP contribution in [0.5, 0.6) is 0 Å². The number of carbonyl (C=O) groups is 3. The SMILES string of the molecule is CCC1OC(=O)C(C)C(OC2CC(C)(OC)C(O)C(C)O2)C(C)C(OC2OC(C)CC(N3C(C4CC4)CCC3C3CC3)C2O)C(C)(OC)CC(C)C(=O)C(C)C2N(CCc3ccc(F)c(Cl)c3)C(=O)OC12C. The summed E-state index contributed by atoms with van der Waals surface area (Å²) in [6, 6.07) is 4.08. The van der Waals surface area contributed by atoms with Gasteiger partial charge in [0.25, 0.3) is 0 Å². The van der Waals surface area contributed by atoms with Crippen LogP contribution < -0.4 is 0 Å². The Hall–Kier alpha value is -2.51. The molecule has 2 N–H and O–H groups in total. The molecule has 17 heteroatoms. The lowest BCUT2D eigenvalue weighted by molar-refractivity contribution is -0.320. The highest BCUT2D eigenvalue weighted by atomic mass is 35.5. The standard InChI is InChI=1S/C55H84ClFN2O13/c1-13-42-55(10)47(58(52(64)72-55)23-22-34-14-19-38(57)37(56)25-34)30(4)44(60)28(2)26-54(9,66-12)49(31(5)46(32(6)50(63)69-42)70-43-27-53(8,65-11)48(62)33(7)68-43)71-51-45(61)41(24-29(3)67-51)59-39(35-15-16-35)20-21-40(59)36-17-18-36/h14,19,25,28-33,35-36,39-43,45-49,51,61-62H,13,15-18,20-24,26-27H2,1-12H3. The molecule has 1 aromatic rings. The zero-order valence-corrected chi connectivity index (χ0v) is 45.5. The molecule has 20 atom stereocenters. The van der Waals surface area contributed by atoms with Crippen molar-refractivity contribution in [1.82, 2.24) is 9.80 Å². The van der Waals surface area contributed by atoms with E-state index in [2.05, 4.69) is 4.90 Å². The van der Waals surface area contributed by atoms with Gasteiger partial charge in [-0.1, -0.05) is 45.4 Å². The van der Waals surface area contributed by atoms with Crippen LogP contribution in [-0.2, 0) is 53.9 Å². The highest BCUT2D eigenvalue weighted by molar-refractivity contribution is 6.30. The number of carbonyl (C=O) groups excluding carboxylic acids is 3. The van der Waals surface area contributed by atoms with E-state index in [0.29, 0.717) is 35.9 Å². The van der Waals surface area contributed by atoms with Crippen LogP contribution in [0.15, 0.2) is 18.2 Å². The fourth-order valence-electron chi connectivity index (χ4n) is 13.9. The quantitative estimate of drug-likeness (QED) is 0.182. The predicted octanol–water partition coefficient (Wildman–Crippen LogP) is 8.03. The molecule has 0 bridgehead atoms. The lowest BCUT2D eigenvalue weighted by Gasteiger charge is -2.51. The summed E-state index contributed by atoms with van der Waals surface area (Å²) in [4.78, 5) is 48.7. The van der Waals surface area contributed by atoms with Crippen LogP contribution in [-0.4, -0.2) is 155 Å². The average Bonchev–Trinajstić information content (AvgIpc) is 4.30. The molecule has 5 aliphatic heterocycles. The number of rotatable bonds is 13. The number of hydrogen-bond acceptors (Lipinski definition) is 14. The van der Waals surface area contributed by atoms with Gasteiger partial charge in [-0.25, -0.2) is 9.18 Å². The number of likely N-dealkylation sites (tertiary alicyclic amines) is 1. The maximum absolute atomic E-state index is 15.2. The number of cyclic esters (lactones) is 1. The topological polar surface area (TPSA) is 172 Å².